The standard InChI is InChI=1S/C30H35BrClN3O5S/c1-6-21(3)33-30(37)22(4)34(18-23-8-7-9-24(32)16-23)29(36)19-35(25-12-10-20(2)11-13-25)41(38,39)26-14-15-28(40-5)27(31)17-26/h7-17,21-22H,6,18-19H2,1-5H3,(H,33,37)/t21-,22+/m1/s1. The zero-order valence-electron chi connectivity index (χ0n) is 23.7. The Morgan fingerprint density at radius 1 is 1.05 bits per heavy atom. The van der Waals surface area contributed by atoms with Crippen molar-refractivity contribution in [2.75, 3.05) is 18.0 Å². The maximum Gasteiger partial charge on any atom is 0.264 e. The first-order valence-electron chi connectivity index (χ1n) is 13.1. The highest BCUT2D eigenvalue weighted by Crippen LogP contribution is 2.31. The number of hydrogen-bond donors (Lipinski definition) is 1. The fraction of sp³-hybridized carbons (Fsp3) is 0.333. The second kappa shape index (κ2) is 14.2. The molecule has 0 radical (unpaired) electrons. The van der Waals surface area contributed by atoms with Crippen LogP contribution in [0, 0.1) is 6.92 Å². The van der Waals surface area contributed by atoms with E-state index in [4.69, 9.17) is 16.3 Å². The molecular formula is C30H35BrClN3O5S. The van der Waals surface area contributed by atoms with Crippen LogP contribution in [-0.2, 0) is 26.2 Å². The molecule has 3 aromatic carbocycles. The van der Waals surface area contributed by atoms with Crippen molar-refractivity contribution in [3.05, 3.63) is 87.4 Å². The second-order valence-electron chi connectivity index (χ2n) is 9.79. The fourth-order valence-electron chi connectivity index (χ4n) is 4.05. The lowest BCUT2D eigenvalue weighted by Crippen LogP contribution is -2.52. The Balaban J connectivity index is 2.05. The highest BCUT2D eigenvalue weighted by molar-refractivity contribution is 9.10. The van der Waals surface area contributed by atoms with Crippen LogP contribution in [0.25, 0.3) is 0 Å². The zero-order valence-corrected chi connectivity index (χ0v) is 26.9. The smallest absolute Gasteiger partial charge is 0.264 e. The molecule has 2 atom stereocenters. The number of hydrogen-bond acceptors (Lipinski definition) is 5. The molecule has 1 N–H and O–H groups in total. The molecule has 11 heteroatoms. The van der Waals surface area contributed by atoms with Gasteiger partial charge >= 0.3 is 0 Å². The van der Waals surface area contributed by atoms with E-state index in [-0.39, 0.29) is 23.4 Å². The minimum atomic E-state index is -4.21. The molecule has 0 unspecified atom stereocenters. The number of benzene rings is 3. The van der Waals surface area contributed by atoms with Crippen molar-refractivity contribution in [2.24, 2.45) is 0 Å². The third-order valence-electron chi connectivity index (χ3n) is 6.72. The van der Waals surface area contributed by atoms with Gasteiger partial charge in [-0.1, -0.05) is 48.4 Å². The van der Waals surface area contributed by atoms with Crippen molar-refractivity contribution in [2.45, 2.75) is 57.6 Å². The van der Waals surface area contributed by atoms with Crippen LogP contribution in [0.2, 0.25) is 5.02 Å². The van der Waals surface area contributed by atoms with Gasteiger partial charge in [0.05, 0.1) is 22.2 Å². The number of ether oxygens (including phenoxy) is 1. The largest absolute Gasteiger partial charge is 0.496 e. The van der Waals surface area contributed by atoms with Crippen molar-refractivity contribution in [3.63, 3.8) is 0 Å². The quantitative estimate of drug-likeness (QED) is 0.258. The van der Waals surface area contributed by atoms with Gasteiger partial charge in [0.25, 0.3) is 10.0 Å². The first-order valence-corrected chi connectivity index (χ1v) is 15.8. The monoisotopic (exact) mass is 663 g/mol. The maximum atomic E-state index is 14.0. The molecule has 0 saturated heterocycles. The van der Waals surface area contributed by atoms with Gasteiger partial charge in [-0.2, -0.15) is 0 Å². The van der Waals surface area contributed by atoms with E-state index >= 15 is 0 Å². The van der Waals surface area contributed by atoms with E-state index in [1.54, 1.807) is 61.5 Å². The Labute approximate surface area is 255 Å². The van der Waals surface area contributed by atoms with Gasteiger partial charge in [-0.25, -0.2) is 8.42 Å². The molecular weight excluding hydrogens is 630 g/mol. The van der Waals surface area contributed by atoms with E-state index in [9.17, 15) is 18.0 Å². The molecule has 0 spiro atoms. The molecule has 41 heavy (non-hydrogen) atoms. The zero-order chi connectivity index (χ0) is 30.3. The summed E-state index contributed by atoms with van der Waals surface area (Å²) < 4.78 is 34.8. The molecule has 0 aromatic heterocycles. The number of methoxy groups -OCH3 is 1. The van der Waals surface area contributed by atoms with E-state index in [2.05, 4.69) is 21.2 Å². The Morgan fingerprint density at radius 2 is 1.73 bits per heavy atom. The number of rotatable bonds is 12. The van der Waals surface area contributed by atoms with E-state index in [0.29, 0.717) is 26.5 Å². The van der Waals surface area contributed by atoms with E-state index in [1.807, 2.05) is 20.8 Å². The van der Waals surface area contributed by atoms with Crippen LogP contribution in [0.1, 0.15) is 38.3 Å². The van der Waals surface area contributed by atoms with Crippen molar-refractivity contribution < 1.29 is 22.7 Å². The average Bonchev–Trinajstić information content (AvgIpc) is 2.94. The summed E-state index contributed by atoms with van der Waals surface area (Å²) in [6.07, 6.45) is 0.720. The van der Waals surface area contributed by atoms with Crippen LogP contribution in [0.15, 0.2) is 76.1 Å². The predicted octanol–water partition coefficient (Wildman–Crippen LogP) is 5.95. The lowest BCUT2D eigenvalue weighted by Gasteiger charge is -2.32. The van der Waals surface area contributed by atoms with Gasteiger partial charge in [0.15, 0.2) is 0 Å². The van der Waals surface area contributed by atoms with Gasteiger partial charge in [0.1, 0.15) is 18.3 Å². The lowest BCUT2D eigenvalue weighted by atomic mass is 10.1. The Bertz CT molecular complexity index is 1480. The third kappa shape index (κ3) is 8.24. The third-order valence-corrected chi connectivity index (χ3v) is 9.35. The second-order valence-corrected chi connectivity index (χ2v) is 12.9. The van der Waals surface area contributed by atoms with Crippen molar-refractivity contribution in [1.29, 1.82) is 0 Å². The van der Waals surface area contributed by atoms with Crippen LogP contribution >= 0.6 is 27.5 Å². The molecule has 3 rings (SSSR count). The van der Waals surface area contributed by atoms with E-state index < -0.39 is 28.5 Å². The molecule has 8 nitrogen and oxygen atoms in total. The number of nitrogens with zero attached hydrogens (tertiary/aromatic N) is 2. The van der Waals surface area contributed by atoms with Crippen LogP contribution in [0.3, 0.4) is 0 Å². The molecule has 0 heterocycles. The van der Waals surface area contributed by atoms with Crippen LogP contribution in [0.4, 0.5) is 5.69 Å². The molecule has 2 amide bonds. The summed E-state index contributed by atoms with van der Waals surface area (Å²) in [6.45, 7) is 6.88. The van der Waals surface area contributed by atoms with E-state index in [0.717, 1.165) is 16.3 Å². The summed E-state index contributed by atoms with van der Waals surface area (Å²) in [7, 11) is -2.73. The molecule has 3 aromatic rings. The van der Waals surface area contributed by atoms with Gasteiger partial charge in [0, 0.05) is 17.6 Å². The van der Waals surface area contributed by atoms with Crippen LogP contribution < -0.4 is 14.4 Å². The van der Waals surface area contributed by atoms with E-state index in [1.165, 1.54) is 24.1 Å². The van der Waals surface area contributed by atoms with Gasteiger partial charge in [-0.15, -0.1) is 0 Å². The molecule has 0 bridgehead atoms. The highest BCUT2D eigenvalue weighted by atomic mass is 79.9. The van der Waals surface area contributed by atoms with Gasteiger partial charge < -0.3 is 15.0 Å². The topological polar surface area (TPSA) is 96.0 Å². The molecule has 220 valence electrons. The summed E-state index contributed by atoms with van der Waals surface area (Å²) in [5.74, 6) is -0.414. The summed E-state index contributed by atoms with van der Waals surface area (Å²) in [5.41, 5.74) is 1.95. The number of carbonyl (C=O) groups excluding carboxylic acids is 2. The predicted molar refractivity (Wildman–Crippen MR) is 166 cm³/mol. The van der Waals surface area contributed by atoms with Gasteiger partial charge in [0.2, 0.25) is 11.8 Å². The molecule has 0 aliphatic rings. The van der Waals surface area contributed by atoms with Crippen LogP contribution in [-0.4, -0.2) is 50.9 Å². The number of halogens is 2. The first-order chi connectivity index (χ1) is 19.4. The normalized spacial score (nSPS) is 12.8. The van der Waals surface area contributed by atoms with Gasteiger partial charge in [-0.05, 0) is 91.1 Å². The number of nitrogens with one attached hydrogen (secondary N) is 1. The maximum absolute atomic E-state index is 14.0. The summed E-state index contributed by atoms with van der Waals surface area (Å²) in [5, 5.41) is 3.41. The Morgan fingerprint density at radius 3 is 2.32 bits per heavy atom. The lowest BCUT2D eigenvalue weighted by molar-refractivity contribution is -0.139. The van der Waals surface area contributed by atoms with Crippen LogP contribution in [0.5, 0.6) is 5.75 Å². The van der Waals surface area contributed by atoms with Gasteiger partial charge in [-0.3, -0.25) is 13.9 Å². The van der Waals surface area contributed by atoms with Crippen molar-refractivity contribution in [1.82, 2.24) is 10.2 Å². The number of anilines is 1. The SMILES string of the molecule is CC[C@@H](C)NC(=O)[C@H](C)N(Cc1cccc(Cl)c1)C(=O)CN(c1ccc(C)cc1)S(=O)(=O)c1ccc(OC)c(Br)c1. The minimum Gasteiger partial charge on any atom is -0.496 e. The first kappa shape index (κ1) is 32.4. The molecule has 0 saturated carbocycles. The number of aryl methyl sites for hydroxylation is 1. The molecule has 0 aliphatic heterocycles. The minimum absolute atomic E-state index is 0.0255. The Kier molecular flexibility index (Phi) is 11.2. The molecule has 0 fully saturated rings. The summed E-state index contributed by atoms with van der Waals surface area (Å²) >= 11 is 9.55. The Hall–Kier alpha value is -3.08. The highest BCUT2D eigenvalue weighted by Gasteiger charge is 2.33. The number of sulfonamides is 1. The van der Waals surface area contributed by atoms with Crippen molar-refractivity contribution in [3.8, 4) is 5.75 Å². The summed E-state index contributed by atoms with van der Waals surface area (Å²) in [4.78, 5) is 28.5. The number of carbonyl (C=O) groups is 2. The average molecular weight is 665 g/mol. The van der Waals surface area contributed by atoms with Crippen molar-refractivity contribution >= 4 is 55.1 Å². The number of amides is 2. The summed E-state index contributed by atoms with van der Waals surface area (Å²) in [6, 6.07) is 17.3. The molecule has 0 aliphatic carbocycles. The fourth-order valence-corrected chi connectivity index (χ4v) is 6.40.